The fourth-order valence-corrected chi connectivity index (χ4v) is 3.19. The van der Waals surface area contributed by atoms with Crippen LogP contribution < -0.4 is 14.8 Å². The summed E-state index contributed by atoms with van der Waals surface area (Å²) >= 11 is 1.70. The van der Waals surface area contributed by atoms with E-state index in [2.05, 4.69) is 35.8 Å². The summed E-state index contributed by atoms with van der Waals surface area (Å²) in [6, 6.07) is 10.3. The Hall–Kier alpha value is -1.23. The van der Waals surface area contributed by atoms with Gasteiger partial charge in [-0.3, -0.25) is 0 Å². The normalized spacial score (nSPS) is 10.3. The van der Waals surface area contributed by atoms with Gasteiger partial charge in [0.05, 0.1) is 7.11 Å². The molecule has 0 spiro atoms. The van der Waals surface area contributed by atoms with Crippen LogP contribution in [0.3, 0.4) is 0 Å². The molecule has 1 aromatic heterocycles. The van der Waals surface area contributed by atoms with E-state index >= 15 is 0 Å². The van der Waals surface area contributed by atoms with E-state index in [4.69, 9.17) is 9.47 Å². The van der Waals surface area contributed by atoms with Gasteiger partial charge in [0, 0.05) is 11.4 Å². The van der Waals surface area contributed by atoms with Crippen molar-refractivity contribution in [2.45, 2.75) is 52.2 Å². The van der Waals surface area contributed by atoms with Crippen molar-refractivity contribution in [3.8, 4) is 11.5 Å². The lowest BCUT2D eigenvalue weighted by Crippen LogP contribution is -2.14. The van der Waals surface area contributed by atoms with Crippen LogP contribution in [0.4, 0.5) is 0 Å². The molecule has 0 aliphatic rings. The summed E-state index contributed by atoms with van der Waals surface area (Å²) < 4.78 is 11.4. The van der Waals surface area contributed by atoms with E-state index in [0.29, 0.717) is 6.61 Å². The van der Waals surface area contributed by atoms with Gasteiger partial charge in [-0.25, -0.2) is 0 Å². The van der Waals surface area contributed by atoms with Gasteiger partial charge in [0.2, 0.25) is 0 Å². The minimum atomic E-state index is 0. The zero-order valence-electron chi connectivity index (χ0n) is 15.3. The van der Waals surface area contributed by atoms with Gasteiger partial charge in [0.1, 0.15) is 6.61 Å². The fourth-order valence-electron chi connectivity index (χ4n) is 2.57. The molecule has 1 heterocycles. The molecule has 3 nitrogen and oxygen atoms in total. The average molecular weight is 384 g/mol. The van der Waals surface area contributed by atoms with E-state index < -0.39 is 0 Å². The first-order valence-corrected chi connectivity index (χ1v) is 9.74. The van der Waals surface area contributed by atoms with Gasteiger partial charge in [-0.15, -0.1) is 23.7 Å². The van der Waals surface area contributed by atoms with Crippen molar-refractivity contribution < 1.29 is 9.47 Å². The summed E-state index contributed by atoms with van der Waals surface area (Å²) in [4.78, 5) is 1.21. The van der Waals surface area contributed by atoms with Crippen molar-refractivity contribution in [1.29, 1.82) is 0 Å². The highest BCUT2D eigenvalue weighted by Gasteiger charge is 2.06. The Morgan fingerprint density at radius 1 is 1.04 bits per heavy atom. The second kappa shape index (κ2) is 13.0. The summed E-state index contributed by atoms with van der Waals surface area (Å²) in [6.45, 7) is 4.78. The molecular weight excluding hydrogens is 354 g/mol. The van der Waals surface area contributed by atoms with Gasteiger partial charge in [0.15, 0.2) is 11.5 Å². The van der Waals surface area contributed by atoms with Gasteiger partial charge in [-0.1, -0.05) is 44.7 Å². The smallest absolute Gasteiger partial charge is 0.161 e. The third kappa shape index (κ3) is 8.13. The van der Waals surface area contributed by atoms with E-state index in [-0.39, 0.29) is 12.4 Å². The summed E-state index contributed by atoms with van der Waals surface area (Å²) in [7, 11) is 1.69. The molecule has 0 amide bonds. The number of methoxy groups -OCH3 is 1. The minimum Gasteiger partial charge on any atom is -0.493 e. The molecule has 1 aromatic carbocycles. The summed E-state index contributed by atoms with van der Waals surface area (Å²) in [5.74, 6) is 1.60. The Balaban J connectivity index is 0.00000312. The van der Waals surface area contributed by atoms with Crippen LogP contribution >= 0.6 is 23.7 Å². The Kier molecular flexibility index (Phi) is 11.4. The van der Waals surface area contributed by atoms with Crippen molar-refractivity contribution in [2.24, 2.45) is 0 Å². The number of benzene rings is 1. The van der Waals surface area contributed by atoms with Crippen LogP contribution in [0.1, 0.15) is 49.5 Å². The lowest BCUT2D eigenvalue weighted by molar-refractivity contribution is 0.287. The highest BCUT2D eigenvalue weighted by molar-refractivity contribution is 7.09. The quantitative estimate of drug-likeness (QED) is 0.468. The summed E-state index contributed by atoms with van der Waals surface area (Å²) in [6.07, 6.45) is 6.57. The molecule has 0 atom stereocenters. The van der Waals surface area contributed by atoms with E-state index in [1.807, 2.05) is 12.1 Å². The summed E-state index contributed by atoms with van der Waals surface area (Å²) in [5, 5.41) is 5.57. The summed E-state index contributed by atoms with van der Waals surface area (Å²) in [5.41, 5.74) is 1.23. The first-order chi connectivity index (χ1) is 11.8. The van der Waals surface area contributed by atoms with Gasteiger partial charge in [-0.05, 0) is 42.1 Å². The molecule has 25 heavy (non-hydrogen) atoms. The molecule has 0 bridgehead atoms. The lowest BCUT2D eigenvalue weighted by atomic mass is 10.1. The molecule has 1 N–H and O–H groups in total. The van der Waals surface area contributed by atoms with Gasteiger partial charge >= 0.3 is 0 Å². The van der Waals surface area contributed by atoms with E-state index in [9.17, 15) is 0 Å². The number of rotatable bonds is 12. The number of nitrogens with one attached hydrogen (secondary N) is 1. The maximum absolute atomic E-state index is 5.87. The van der Waals surface area contributed by atoms with Crippen LogP contribution in [-0.2, 0) is 13.2 Å². The Bertz CT molecular complexity index is 575. The number of hydrogen-bond donors (Lipinski definition) is 1. The molecule has 0 aliphatic heterocycles. The van der Waals surface area contributed by atoms with E-state index in [1.165, 1.54) is 42.5 Å². The van der Waals surface area contributed by atoms with Gasteiger partial charge < -0.3 is 14.8 Å². The number of ether oxygens (including phenoxy) is 2. The van der Waals surface area contributed by atoms with Crippen molar-refractivity contribution in [1.82, 2.24) is 5.32 Å². The lowest BCUT2D eigenvalue weighted by Gasteiger charge is -2.12. The second-order valence-corrected chi connectivity index (χ2v) is 6.98. The zero-order chi connectivity index (χ0) is 17.0. The number of thiophene rings is 1. The van der Waals surface area contributed by atoms with Crippen LogP contribution in [-0.4, -0.2) is 13.7 Å². The zero-order valence-corrected chi connectivity index (χ0v) is 16.9. The topological polar surface area (TPSA) is 30.5 Å². The number of halogens is 1. The maximum Gasteiger partial charge on any atom is 0.161 e. The molecule has 0 aliphatic carbocycles. The molecule has 0 unspecified atom stereocenters. The first kappa shape index (κ1) is 21.8. The third-order valence-corrected chi connectivity index (χ3v) is 4.81. The minimum absolute atomic E-state index is 0. The number of unbranched alkanes of at least 4 members (excludes halogenated alkanes) is 4. The van der Waals surface area contributed by atoms with Crippen molar-refractivity contribution in [2.75, 3.05) is 13.7 Å². The molecule has 140 valence electrons. The fraction of sp³-hybridized carbons (Fsp3) is 0.500. The van der Waals surface area contributed by atoms with Crippen molar-refractivity contribution in [3.63, 3.8) is 0 Å². The van der Waals surface area contributed by atoms with Crippen molar-refractivity contribution >= 4 is 23.7 Å². The monoisotopic (exact) mass is 383 g/mol. The van der Waals surface area contributed by atoms with Gasteiger partial charge in [-0.2, -0.15) is 0 Å². The molecule has 2 rings (SSSR count). The predicted molar refractivity (Wildman–Crippen MR) is 109 cm³/mol. The van der Waals surface area contributed by atoms with Crippen molar-refractivity contribution in [3.05, 3.63) is 46.2 Å². The molecule has 0 saturated heterocycles. The first-order valence-electron chi connectivity index (χ1n) is 8.86. The molecule has 2 aromatic rings. The average Bonchev–Trinajstić information content (AvgIpc) is 3.13. The predicted octanol–water partition coefficient (Wildman–Crippen LogP) is 5.82. The van der Waals surface area contributed by atoms with Crippen LogP contribution in [0.15, 0.2) is 35.7 Å². The van der Waals surface area contributed by atoms with E-state index in [1.54, 1.807) is 18.4 Å². The Morgan fingerprint density at radius 2 is 1.88 bits per heavy atom. The highest BCUT2D eigenvalue weighted by atomic mass is 35.5. The maximum atomic E-state index is 5.87. The van der Waals surface area contributed by atoms with Crippen LogP contribution in [0, 0.1) is 0 Å². The molecule has 0 fully saturated rings. The molecular formula is C20H30ClNO2S. The second-order valence-electron chi connectivity index (χ2n) is 5.94. The van der Waals surface area contributed by atoms with Crippen LogP contribution in [0.2, 0.25) is 0 Å². The molecule has 0 radical (unpaired) electrons. The standard InChI is InChI=1S/C20H29NO2S.ClH/c1-3-4-5-6-7-12-21-15-17-10-11-19(20(14-17)22-2)23-16-18-9-8-13-24-18;/h8-11,13-14,21H,3-7,12,15-16H2,1-2H3;1H. The van der Waals surface area contributed by atoms with Gasteiger partial charge in [0.25, 0.3) is 0 Å². The van der Waals surface area contributed by atoms with E-state index in [0.717, 1.165) is 24.6 Å². The number of hydrogen-bond acceptors (Lipinski definition) is 4. The van der Waals surface area contributed by atoms with Crippen LogP contribution in [0.25, 0.3) is 0 Å². The molecule has 5 heteroatoms. The molecule has 0 saturated carbocycles. The Morgan fingerprint density at radius 3 is 2.60 bits per heavy atom. The SMILES string of the molecule is CCCCCCCNCc1ccc(OCc2cccs2)c(OC)c1.Cl. The Labute approximate surface area is 162 Å². The highest BCUT2D eigenvalue weighted by Crippen LogP contribution is 2.29. The largest absolute Gasteiger partial charge is 0.493 e. The van der Waals surface area contributed by atoms with Crippen LogP contribution in [0.5, 0.6) is 11.5 Å². The third-order valence-electron chi connectivity index (χ3n) is 3.96.